The Hall–Kier alpha value is -5.44. The molecule has 8 rings (SSSR count). The van der Waals surface area contributed by atoms with Crippen molar-refractivity contribution in [1.82, 2.24) is 29.9 Å². The summed E-state index contributed by atoms with van der Waals surface area (Å²) in [7, 11) is 0. The van der Waals surface area contributed by atoms with Crippen LogP contribution in [0.1, 0.15) is 153 Å². The normalized spacial score (nSPS) is 21.1. The molecular weight excluding hydrogens is 881 g/mol. The lowest BCUT2D eigenvalue weighted by Gasteiger charge is -2.51. The molecule has 2 aromatic carbocycles. The van der Waals surface area contributed by atoms with Crippen LogP contribution >= 0.6 is 0 Å². The molecule has 0 spiro atoms. The van der Waals surface area contributed by atoms with E-state index < -0.39 is 18.0 Å². The number of esters is 1. The zero-order valence-corrected chi connectivity index (χ0v) is 43.1. The molecule has 14 heteroatoms. The zero-order valence-electron chi connectivity index (χ0n) is 43.1. The fourth-order valence-corrected chi connectivity index (χ4v) is 11.6. The van der Waals surface area contributed by atoms with Crippen LogP contribution in [0.4, 0.5) is 5.69 Å². The van der Waals surface area contributed by atoms with Crippen LogP contribution in [0, 0.1) is 5.92 Å². The second kappa shape index (κ2) is 21.9. The Balaban J connectivity index is 0.842. The molecule has 1 amide bonds. The number of rotatable bonds is 19. The van der Waals surface area contributed by atoms with Gasteiger partial charge in [0.25, 0.3) is 5.91 Å². The van der Waals surface area contributed by atoms with Gasteiger partial charge in [0, 0.05) is 97.5 Å². The fourth-order valence-electron chi connectivity index (χ4n) is 11.6. The molecule has 0 radical (unpaired) electrons. The standard InChI is InChI=1S/C56H77N8O6/c1-9-60(10-2)40-25-27-46-48(33-40)69-52-47-28-26-41(61(11-3)12-4)34-49(47)70-54(67)51(52)50(46)44-23-19-20-24-45(44)53(66)62-31-29-59(30-32-62)38-43(65)22-18-16-14-13-15-17-21-39-37-63(58-57-39)42-35-55(5,6)64(68)56(7,8)36-42/h19-20,23-28,33-34,37,42,51-52,68H,9-18,21-22,29-32,35-36,38H2,1-8H3/q+1. The summed E-state index contributed by atoms with van der Waals surface area (Å²) >= 11 is 0. The summed E-state index contributed by atoms with van der Waals surface area (Å²) in [6.45, 7) is 22.8. The van der Waals surface area contributed by atoms with Crippen LogP contribution in [0.5, 0.6) is 5.75 Å². The number of hydroxylamine groups is 2. The molecule has 4 aliphatic heterocycles. The third-order valence-corrected chi connectivity index (χ3v) is 15.3. The largest absolute Gasteiger partial charge is 0.483 e. The maximum Gasteiger partial charge on any atom is 0.323 e. The predicted molar refractivity (Wildman–Crippen MR) is 273 cm³/mol. The maximum atomic E-state index is 14.6. The van der Waals surface area contributed by atoms with Crippen molar-refractivity contribution in [1.29, 1.82) is 0 Å². The third-order valence-electron chi connectivity index (χ3n) is 15.3. The van der Waals surface area contributed by atoms with Gasteiger partial charge in [0.2, 0.25) is 5.71 Å². The molecule has 3 aromatic rings. The number of aromatic nitrogens is 3. The number of unbranched alkanes of at least 4 members (excludes halogenated alkanes) is 5. The second-order valence-corrected chi connectivity index (χ2v) is 21.1. The number of fused-ring (bicyclic) bond motifs is 4. The van der Waals surface area contributed by atoms with Crippen LogP contribution in [0.2, 0.25) is 0 Å². The van der Waals surface area contributed by atoms with Gasteiger partial charge >= 0.3 is 5.97 Å². The Bertz CT molecular complexity index is 2500. The van der Waals surface area contributed by atoms with Crippen LogP contribution in [-0.4, -0.2) is 133 Å². The van der Waals surface area contributed by atoms with Gasteiger partial charge in [0.15, 0.2) is 0 Å². The van der Waals surface area contributed by atoms with Crippen molar-refractivity contribution in [3.8, 4) is 5.75 Å². The van der Waals surface area contributed by atoms with E-state index in [0.717, 1.165) is 118 Å². The van der Waals surface area contributed by atoms with E-state index in [0.29, 0.717) is 61.8 Å². The molecule has 70 heavy (non-hydrogen) atoms. The van der Waals surface area contributed by atoms with E-state index in [-0.39, 0.29) is 28.8 Å². The summed E-state index contributed by atoms with van der Waals surface area (Å²) in [5.41, 5.74) is 5.94. The number of aryl methyl sites for hydroxylation is 1. The van der Waals surface area contributed by atoms with Crippen LogP contribution in [0.15, 0.2) is 78.2 Å². The van der Waals surface area contributed by atoms with Crippen molar-refractivity contribution < 1.29 is 33.6 Å². The SMILES string of the molecule is CCN(CC)c1ccc2c(c1)OC(=O)C1C(c3ccccc3C(=O)N3CCN(CC(=O)CCCCCCCCc4cn(C5CC(C)(C)N(O)C(C)(C)C5)nn4)CC3)=C3C=CC(=[N+](CC)CC)C=C3OC21. The van der Waals surface area contributed by atoms with E-state index >= 15 is 0 Å². The number of piperazine rings is 1. The minimum Gasteiger partial charge on any atom is -0.483 e. The van der Waals surface area contributed by atoms with Crippen LogP contribution in [0.3, 0.4) is 0 Å². The molecule has 5 aliphatic rings. The van der Waals surface area contributed by atoms with Gasteiger partial charge in [-0.25, -0.2) is 9.26 Å². The molecule has 2 atom stereocenters. The Morgan fingerprint density at radius 3 is 2.26 bits per heavy atom. The molecule has 14 nitrogen and oxygen atoms in total. The quantitative estimate of drug-likeness (QED) is 0.0534. The van der Waals surface area contributed by atoms with Gasteiger partial charge in [-0.15, -0.1) is 5.10 Å². The highest BCUT2D eigenvalue weighted by Gasteiger charge is 2.49. The van der Waals surface area contributed by atoms with Crippen molar-refractivity contribution in [2.45, 2.75) is 143 Å². The van der Waals surface area contributed by atoms with E-state index in [4.69, 9.17) is 9.47 Å². The van der Waals surface area contributed by atoms with Gasteiger partial charge in [-0.2, -0.15) is 5.06 Å². The average molecular weight is 958 g/mol. The highest BCUT2D eigenvalue weighted by atomic mass is 16.6. The lowest BCUT2D eigenvalue weighted by atomic mass is 9.76. The Labute approximate surface area is 415 Å². The number of ketones is 1. The monoisotopic (exact) mass is 958 g/mol. The Kier molecular flexibility index (Phi) is 15.9. The first-order chi connectivity index (χ1) is 33.7. The zero-order chi connectivity index (χ0) is 49.7. The molecule has 1 aromatic heterocycles. The average Bonchev–Trinajstić information content (AvgIpc) is 3.83. The molecule has 1 aliphatic carbocycles. The van der Waals surface area contributed by atoms with E-state index in [1.807, 2.05) is 52.1 Å². The topological polar surface area (TPSA) is 137 Å². The van der Waals surface area contributed by atoms with Crippen molar-refractivity contribution >= 4 is 34.6 Å². The maximum absolute atomic E-state index is 14.6. The van der Waals surface area contributed by atoms with Gasteiger partial charge < -0.3 is 24.5 Å². The number of amides is 1. The van der Waals surface area contributed by atoms with Crippen LogP contribution in [0.25, 0.3) is 5.57 Å². The van der Waals surface area contributed by atoms with Crippen LogP contribution in [-0.2, 0) is 20.7 Å². The number of benzene rings is 2. The first kappa shape index (κ1) is 50.9. The number of Topliss-reactive ketones (excluding diaryl/α,β-unsaturated/α-hetero) is 1. The number of hydrogen-bond donors (Lipinski definition) is 1. The molecule has 2 unspecified atom stereocenters. The molecular formula is C56H77N8O6+. The molecule has 2 fully saturated rings. The van der Waals surface area contributed by atoms with E-state index in [2.05, 4.69) is 104 Å². The summed E-state index contributed by atoms with van der Waals surface area (Å²) in [4.78, 5) is 48.4. The molecule has 376 valence electrons. The van der Waals surface area contributed by atoms with Gasteiger partial charge in [-0.05, 0) is 123 Å². The summed E-state index contributed by atoms with van der Waals surface area (Å²) in [5.74, 6) is 0.149. The predicted octanol–water partition coefficient (Wildman–Crippen LogP) is 9.02. The van der Waals surface area contributed by atoms with Gasteiger partial charge in [-0.1, -0.05) is 49.1 Å². The lowest BCUT2D eigenvalue weighted by Crippen LogP contribution is -2.59. The van der Waals surface area contributed by atoms with Gasteiger partial charge in [0.1, 0.15) is 42.4 Å². The van der Waals surface area contributed by atoms with E-state index in [9.17, 15) is 19.6 Å². The minimum atomic E-state index is -0.792. The number of carbonyl (C=O) groups is 3. The third kappa shape index (κ3) is 10.9. The summed E-state index contributed by atoms with van der Waals surface area (Å²) in [6, 6.07) is 13.9. The molecule has 0 saturated carbocycles. The lowest BCUT2D eigenvalue weighted by molar-refractivity contribution is -0.519. The number of ether oxygens (including phenoxy) is 2. The van der Waals surface area contributed by atoms with Crippen molar-refractivity contribution in [2.24, 2.45) is 5.92 Å². The second-order valence-electron chi connectivity index (χ2n) is 21.1. The number of hydrogen-bond acceptors (Lipinski definition) is 11. The van der Waals surface area contributed by atoms with E-state index in [1.54, 1.807) is 0 Å². The minimum absolute atomic E-state index is 0.0917. The molecule has 0 bridgehead atoms. The first-order valence-corrected chi connectivity index (χ1v) is 26.2. The number of anilines is 1. The number of allylic oxidation sites excluding steroid dienone is 3. The smallest absolute Gasteiger partial charge is 0.323 e. The van der Waals surface area contributed by atoms with Crippen molar-refractivity contribution in [2.75, 3.05) is 63.8 Å². The summed E-state index contributed by atoms with van der Waals surface area (Å²) in [5, 5.41) is 21.1. The van der Waals surface area contributed by atoms with Gasteiger partial charge in [-0.3, -0.25) is 19.3 Å². The van der Waals surface area contributed by atoms with E-state index in [1.165, 1.54) is 5.06 Å². The molecule has 2 saturated heterocycles. The summed E-state index contributed by atoms with van der Waals surface area (Å²) in [6.07, 6.45) is 17.1. The first-order valence-electron chi connectivity index (χ1n) is 26.2. The number of nitrogens with zero attached hydrogens (tertiary/aromatic N) is 8. The molecule has 1 N–H and O–H groups in total. The fraction of sp³-hybridized carbons (Fsp3) is 0.571. The Morgan fingerprint density at radius 1 is 0.871 bits per heavy atom. The van der Waals surface area contributed by atoms with Gasteiger partial charge in [0.05, 0.1) is 24.4 Å². The number of piperidine rings is 1. The van der Waals surface area contributed by atoms with Crippen molar-refractivity contribution in [3.63, 3.8) is 0 Å². The van der Waals surface area contributed by atoms with Crippen LogP contribution < -0.4 is 9.64 Å². The highest BCUT2D eigenvalue weighted by Crippen LogP contribution is 2.53. The Morgan fingerprint density at radius 2 is 1.56 bits per heavy atom. The summed E-state index contributed by atoms with van der Waals surface area (Å²) < 4.78 is 17.3. The molecule has 5 heterocycles. The highest BCUT2D eigenvalue weighted by molar-refractivity contribution is 6.08. The van der Waals surface area contributed by atoms with Crippen molar-refractivity contribution in [3.05, 3.63) is 101 Å². The number of carbonyl (C=O) groups excluding carboxylic acids is 3.